The average molecular weight is 298 g/mol. The normalized spacial score (nSPS) is 23.2. The molecule has 0 aromatic rings. The molecule has 0 saturated carbocycles. The first-order valence-electron chi connectivity index (χ1n) is 6.42. The molecular formula is C12H24ClNO3S. The van der Waals surface area contributed by atoms with E-state index in [-0.39, 0.29) is 23.3 Å². The van der Waals surface area contributed by atoms with Crippen LogP contribution in [0.3, 0.4) is 0 Å². The molecule has 18 heavy (non-hydrogen) atoms. The number of rotatable bonds is 6. The van der Waals surface area contributed by atoms with Gasteiger partial charge in [0.2, 0.25) is 10.0 Å². The largest absolute Gasteiger partial charge is 0.377 e. The predicted octanol–water partition coefficient (Wildman–Crippen LogP) is 2.13. The Bertz CT molecular complexity index is 345. The highest BCUT2D eigenvalue weighted by atomic mass is 35.5. The van der Waals surface area contributed by atoms with E-state index in [1.54, 1.807) is 0 Å². The third-order valence-corrected chi connectivity index (χ3v) is 4.87. The Morgan fingerprint density at radius 2 is 2.11 bits per heavy atom. The maximum atomic E-state index is 12.1. The van der Waals surface area contributed by atoms with Crippen LogP contribution in [0.1, 0.15) is 40.0 Å². The van der Waals surface area contributed by atoms with Crippen LogP contribution in [0.25, 0.3) is 0 Å². The Labute approximate surface area is 115 Å². The van der Waals surface area contributed by atoms with Crippen LogP contribution < -0.4 is 4.72 Å². The van der Waals surface area contributed by atoms with Gasteiger partial charge in [-0.05, 0) is 24.7 Å². The Balaban J connectivity index is 2.60. The third-order valence-electron chi connectivity index (χ3n) is 3.19. The minimum absolute atomic E-state index is 0.0574. The standard InChI is InChI=1S/C12H24ClNO3S/c1-12(2,3)11(6-7-13)14-18(15,16)9-10-5-4-8-17-10/h10-11,14H,4-9H2,1-3H3. The van der Waals surface area contributed by atoms with E-state index in [1.807, 2.05) is 20.8 Å². The zero-order valence-corrected chi connectivity index (χ0v) is 13.0. The van der Waals surface area contributed by atoms with E-state index in [4.69, 9.17) is 16.3 Å². The molecule has 6 heteroatoms. The zero-order valence-electron chi connectivity index (χ0n) is 11.4. The molecule has 0 spiro atoms. The van der Waals surface area contributed by atoms with Crippen LogP contribution in [-0.4, -0.2) is 38.8 Å². The van der Waals surface area contributed by atoms with Crippen LogP contribution >= 0.6 is 11.6 Å². The van der Waals surface area contributed by atoms with Gasteiger partial charge in [-0.2, -0.15) is 0 Å². The molecule has 0 bridgehead atoms. The lowest BCUT2D eigenvalue weighted by Gasteiger charge is -2.31. The average Bonchev–Trinajstić information content (AvgIpc) is 2.67. The highest BCUT2D eigenvalue weighted by molar-refractivity contribution is 7.89. The summed E-state index contributed by atoms with van der Waals surface area (Å²) in [6.45, 7) is 6.71. The second kappa shape index (κ2) is 6.55. The number of halogens is 1. The van der Waals surface area contributed by atoms with E-state index in [9.17, 15) is 8.42 Å². The van der Waals surface area contributed by atoms with Gasteiger partial charge >= 0.3 is 0 Å². The first kappa shape index (κ1) is 16.2. The van der Waals surface area contributed by atoms with Gasteiger partial charge in [-0.1, -0.05) is 20.8 Å². The number of alkyl halides is 1. The van der Waals surface area contributed by atoms with E-state index < -0.39 is 10.0 Å². The zero-order chi connectivity index (χ0) is 13.8. The van der Waals surface area contributed by atoms with Crippen molar-refractivity contribution in [2.75, 3.05) is 18.2 Å². The van der Waals surface area contributed by atoms with Gasteiger partial charge in [0, 0.05) is 18.5 Å². The van der Waals surface area contributed by atoms with Crippen molar-refractivity contribution in [1.29, 1.82) is 0 Å². The predicted molar refractivity (Wildman–Crippen MR) is 74.5 cm³/mol. The Kier molecular flexibility index (Phi) is 5.90. The highest BCUT2D eigenvalue weighted by Gasteiger charge is 2.30. The van der Waals surface area contributed by atoms with Gasteiger partial charge in [0.15, 0.2) is 0 Å². The number of hydrogen-bond donors (Lipinski definition) is 1. The Hall–Kier alpha value is 0.160. The molecule has 1 aliphatic rings. The molecule has 1 saturated heterocycles. The second-order valence-corrected chi connectivity index (χ2v) is 8.11. The fraction of sp³-hybridized carbons (Fsp3) is 1.00. The molecule has 1 rings (SSSR count). The molecular weight excluding hydrogens is 274 g/mol. The monoisotopic (exact) mass is 297 g/mol. The smallest absolute Gasteiger partial charge is 0.214 e. The van der Waals surface area contributed by atoms with E-state index >= 15 is 0 Å². The molecule has 0 aromatic heterocycles. The minimum atomic E-state index is -3.30. The number of nitrogens with one attached hydrogen (secondary N) is 1. The topological polar surface area (TPSA) is 55.4 Å². The lowest BCUT2D eigenvalue weighted by molar-refractivity contribution is 0.127. The quantitative estimate of drug-likeness (QED) is 0.764. The molecule has 0 aliphatic carbocycles. The van der Waals surface area contributed by atoms with Gasteiger partial charge in [-0.3, -0.25) is 0 Å². The molecule has 0 aromatic carbocycles. The first-order valence-corrected chi connectivity index (χ1v) is 8.61. The Morgan fingerprint density at radius 3 is 2.56 bits per heavy atom. The van der Waals surface area contributed by atoms with Crippen molar-refractivity contribution in [2.45, 2.75) is 52.2 Å². The van der Waals surface area contributed by atoms with Crippen molar-refractivity contribution in [3.05, 3.63) is 0 Å². The number of ether oxygens (including phenoxy) is 1. The highest BCUT2D eigenvalue weighted by Crippen LogP contribution is 2.23. The fourth-order valence-corrected chi connectivity index (χ4v) is 4.03. The molecule has 0 radical (unpaired) electrons. The summed E-state index contributed by atoms with van der Waals surface area (Å²) in [5.74, 6) is 0.506. The maximum Gasteiger partial charge on any atom is 0.214 e. The molecule has 4 nitrogen and oxygen atoms in total. The van der Waals surface area contributed by atoms with Crippen molar-refractivity contribution in [2.24, 2.45) is 5.41 Å². The van der Waals surface area contributed by atoms with Crippen molar-refractivity contribution in [3.63, 3.8) is 0 Å². The molecule has 1 fully saturated rings. The summed E-state index contributed by atoms with van der Waals surface area (Å²) in [4.78, 5) is 0. The summed E-state index contributed by atoms with van der Waals surface area (Å²) in [6, 6.07) is -0.138. The van der Waals surface area contributed by atoms with Gasteiger partial charge in [-0.25, -0.2) is 13.1 Å². The minimum Gasteiger partial charge on any atom is -0.377 e. The van der Waals surface area contributed by atoms with Gasteiger partial charge < -0.3 is 4.74 Å². The van der Waals surface area contributed by atoms with E-state index in [1.165, 1.54) is 0 Å². The van der Waals surface area contributed by atoms with E-state index in [0.29, 0.717) is 18.9 Å². The SMILES string of the molecule is CC(C)(C)C(CCCl)NS(=O)(=O)CC1CCCO1. The van der Waals surface area contributed by atoms with Crippen LogP contribution in [0.2, 0.25) is 0 Å². The summed E-state index contributed by atoms with van der Waals surface area (Å²) in [5, 5.41) is 0. The van der Waals surface area contributed by atoms with Gasteiger partial charge in [0.05, 0.1) is 11.9 Å². The summed E-state index contributed by atoms with van der Waals surface area (Å²) in [5.41, 5.74) is -0.140. The Morgan fingerprint density at radius 1 is 1.44 bits per heavy atom. The van der Waals surface area contributed by atoms with Crippen LogP contribution in [0.5, 0.6) is 0 Å². The summed E-state index contributed by atoms with van der Waals surface area (Å²) in [7, 11) is -3.30. The van der Waals surface area contributed by atoms with Crippen molar-refractivity contribution >= 4 is 21.6 Å². The lowest BCUT2D eigenvalue weighted by atomic mass is 9.86. The summed E-state index contributed by atoms with van der Waals surface area (Å²) >= 11 is 5.74. The molecule has 108 valence electrons. The van der Waals surface area contributed by atoms with Crippen molar-refractivity contribution in [1.82, 2.24) is 4.72 Å². The summed E-state index contributed by atoms with van der Waals surface area (Å²) < 4.78 is 32.3. The van der Waals surface area contributed by atoms with Crippen molar-refractivity contribution in [3.8, 4) is 0 Å². The van der Waals surface area contributed by atoms with Crippen LogP contribution in [0.15, 0.2) is 0 Å². The third kappa shape index (κ3) is 5.43. The number of hydrogen-bond acceptors (Lipinski definition) is 3. The first-order chi connectivity index (χ1) is 8.24. The van der Waals surface area contributed by atoms with Gasteiger partial charge in [0.1, 0.15) is 0 Å². The van der Waals surface area contributed by atoms with Gasteiger partial charge in [0.25, 0.3) is 0 Å². The maximum absolute atomic E-state index is 12.1. The van der Waals surface area contributed by atoms with E-state index in [0.717, 1.165) is 12.8 Å². The fourth-order valence-electron chi connectivity index (χ4n) is 2.06. The lowest BCUT2D eigenvalue weighted by Crippen LogP contribution is -2.46. The van der Waals surface area contributed by atoms with Crippen LogP contribution in [-0.2, 0) is 14.8 Å². The molecule has 0 amide bonds. The van der Waals surface area contributed by atoms with E-state index in [2.05, 4.69) is 4.72 Å². The van der Waals surface area contributed by atoms with Crippen LogP contribution in [0.4, 0.5) is 0 Å². The second-order valence-electron chi connectivity index (χ2n) is 5.93. The molecule has 1 heterocycles. The molecule has 2 atom stereocenters. The molecule has 1 N–H and O–H groups in total. The van der Waals surface area contributed by atoms with Gasteiger partial charge in [-0.15, -0.1) is 11.6 Å². The van der Waals surface area contributed by atoms with Crippen LogP contribution in [0, 0.1) is 5.41 Å². The molecule has 1 aliphatic heterocycles. The summed E-state index contributed by atoms with van der Waals surface area (Å²) in [6.07, 6.45) is 2.26. The van der Waals surface area contributed by atoms with Crippen molar-refractivity contribution < 1.29 is 13.2 Å². The number of sulfonamides is 1. The molecule has 2 unspecified atom stereocenters.